The second-order valence-electron chi connectivity index (χ2n) is 5.12. The summed E-state index contributed by atoms with van der Waals surface area (Å²) in [4.78, 5) is 0. The third-order valence-electron chi connectivity index (χ3n) is 3.82. The fraction of sp³-hybridized carbons (Fsp3) is 0.158. The fourth-order valence-corrected chi connectivity index (χ4v) is 2.45. The quantitative estimate of drug-likeness (QED) is 0.643. The number of benzene rings is 3. The lowest BCUT2D eigenvalue weighted by atomic mass is 10.1. The van der Waals surface area contributed by atoms with E-state index in [2.05, 4.69) is 62.4 Å². The molecular weight excluding hydrogens is 244 g/mol. The lowest BCUT2D eigenvalue weighted by Crippen LogP contribution is -1.98. The van der Waals surface area contributed by atoms with E-state index in [9.17, 15) is 0 Å². The molecule has 0 bridgehead atoms. The Bertz CT molecular complexity index is 738. The summed E-state index contributed by atoms with van der Waals surface area (Å²) in [5, 5.41) is 2.52. The normalized spacial score (nSPS) is 10.7. The van der Waals surface area contributed by atoms with Crippen molar-refractivity contribution in [2.45, 2.75) is 20.5 Å². The van der Waals surface area contributed by atoms with Crippen molar-refractivity contribution in [3.8, 4) is 5.75 Å². The zero-order valence-corrected chi connectivity index (χ0v) is 11.9. The third-order valence-corrected chi connectivity index (χ3v) is 3.82. The maximum atomic E-state index is 6.01. The van der Waals surface area contributed by atoms with Gasteiger partial charge >= 0.3 is 0 Å². The molecule has 0 radical (unpaired) electrons. The zero-order chi connectivity index (χ0) is 13.9. The highest BCUT2D eigenvalue weighted by molar-refractivity contribution is 5.85. The minimum absolute atomic E-state index is 0.603. The molecule has 0 fully saturated rings. The van der Waals surface area contributed by atoms with E-state index in [0.29, 0.717) is 6.61 Å². The molecule has 3 aromatic rings. The molecule has 1 heteroatoms. The largest absolute Gasteiger partial charge is 0.489 e. The van der Waals surface area contributed by atoms with Crippen LogP contribution in [0.25, 0.3) is 10.8 Å². The molecule has 1 nitrogen and oxygen atoms in total. The van der Waals surface area contributed by atoms with Crippen LogP contribution in [0.3, 0.4) is 0 Å². The van der Waals surface area contributed by atoms with Crippen molar-refractivity contribution >= 4 is 10.8 Å². The third kappa shape index (κ3) is 2.39. The predicted octanol–water partition coefficient (Wildman–Crippen LogP) is 5.04. The number of ether oxygens (including phenoxy) is 1. The number of fused-ring (bicyclic) bond motifs is 1. The summed E-state index contributed by atoms with van der Waals surface area (Å²) in [5.41, 5.74) is 3.71. The molecule has 0 aliphatic carbocycles. The molecule has 0 spiro atoms. The molecule has 0 aromatic heterocycles. The van der Waals surface area contributed by atoms with Crippen molar-refractivity contribution in [3.05, 3.63) is 77.4 Å². The van der Waals surface area contributed by atoms with Crippen LogP contribution in [0.15, 0.2) is 60.7 Å². The Morgan fingerprint density at radius 2 is 1.55 bits per heavy atom. The van der Waals surface area contributed by atoms with Gasteiger partial charge in [0.05, 0.1) is 0 Å². The van der Waals surface area contributed by atoms with Crippen molar-refractivity contribution in [3.63, 3.8) is 0 Å². The van der Waals surface area contributed by atoms with Crippen LogP contribution >= 0.6 is 0 Å². The molecule has 100 valence electrons. The second-order valence-corrected chi connectivity index (χ2v) is 5.12. The van der Waals surface area contributed by atoms with Gasteiger partial charge in [0.25, 0.3) is 0 Å². The molecule has 0 heterocycles. The van der Waals surface area contributed by atoms with Gasteiger partial charge in [-0.3, -0.25) is 0 Å². The van der Waals surface area contributed by atoms with Gasteiger partial charge in [0.1, 0.15) is 12.4 Å². The number of aryl methyl sites for hydroxylation is 1. The Kier molecular flexibility index (Phi) is 3.42. The zero-order valence-electron chi connectivity index (χ0n) is 11.9. The maximum Gasteiger partial charge on any atom is 0.122 e. The van der Waals surface area contributed by atoms with Crippen molar-refractivity contribution in [2.24, 2.45) is 0 Å². The molecule has 0 unspecified atom stereocenters. The topological polar surface area (TPSA) is 9.23 Å². The molecule has 0 saturated carbocycles. The Morgan fingerprint density at radius 1 is 0.800 bits per heavy atom. The molecule has 3 rings (SSSR count). The minimum Gasteiger partial charge on any atom is -0.489 e. The molecule has 20 heavy (non-hydrogen) atoms. The first kappa shape index (κ1) is 12.7. The van der Waals surface area contributed by atoms with Gasteiger partial charge in [-0.05, 0) is 47.4 Å². The summed E-state index contributed by atoms with van der Waals surface area (Å²) >= 11 is 0. The summed E-state index contributed by atoms with van der Waals surface area (Å²) in [7, 11) is 0. The number of hydrogen-bond acceptors (Lipinski definition) is 1. The van der Waals surface area contributed by atoms with Gasteiger partial charge in [-0.15, -0.1) is 0 Å². The van der Waals surface area contributed by atoms with Crippen LogP contribution < -0.4 is 4.74 Å². The van der Waals surface area contributed by atoms with Gasteiger partial charge < -0.3 is 4.74 Å². The van der Waals surface area contributed by atoms with E-state index in [1.165, 1.54) is 27.5 Å². The SMILES string of the molecule is Cc1cccc(OCc2cccc3ccccc23)c1C. The van der Waals surface area contributed by atoms with Crippen molar-refractivity contribution in [2.75, 3.05) is 0 Å². The van der Waals surface area contributed by atoms with Gasteiger partial charge in [0.2, 0.25) is 0 Å². The summed E-state index contributed by atoms with van der Waals surface area (Å²) in [6.45, 7) is 4.82. The van der Waals surface area contributed by atoms with Crippen molar-refractivity contribution in [1.82, 2.24) is 0 Å². The standard InChI is InChI=1S/C19H18O/c1-14-7-5-12-19(15(14)2)20-13-17-10-6-9-16-8-3-4-11-18(16)17/h3-12H,13H2,1-2H3. The summed E-state index contributed by atoms with van der Waals surface area (Å²) in [6, 6.07) is 21.0. The number of hydrogen-bond donors (Lipinski definition) is 0. The van der Waals surface area contributed by atoms with E-state index in [1.807, 2.05) is 12.1 Å². The monoisotopic (exact) mass is 262 g/mol. The van der Waals surface area contributed by atoms with E-state index < -0.39 is 0 Å². The molecule has 0 amide bonds. The minimum atomic E-state index is 0.603. The molecule has 0 aliphatic rings. The summed E-state index contributed by atoms with van der Waals surface area (Å²) in [6.07, 6.45) is 0. The molecule has 0 aliphatic heterocycles. The van der Waals surface area contributed by atoms with Crippen LogP contribution in [0.1, 0.15) is 16.7 Å². The van der Waals surface area contributed by atoms with E-state index in [1.54, 1.807) is 0 Å². The Morgan fingerprint density at radius 3 is 2.45 bits per heavy atom. The highest BCUT2D eigenvalue weighted by Gasteiger charge is 2.04. The smallest absolute Gasteiger partial charge is 0.122 e. The van der Waals surface area contributed by atoms with Crippen molar-refractivity contribution < 1.29 is 4.74 Å². The van der Waals surface area contributed by atoms with Crippen LogP contribution in [-0.4, -0.2) is 0 Å². The van der Waals surface area contributed by atoms with Crippen LogP contribution in [0.5, 0.6) is 5.75 Å². The average Bonchev–Trinajstić information content (AvgIpc) is 2.49. The highest BCUT2D eigenvalue weighted by atomic mass is 16.5. The van der Waals surface area contributed by atoms with Crippen LogP contribution in [0.4, 0.5) is 0 Å². The van der Waals surface area contributed by atoms with Gasteiger partial charge in [-0.2, -0.15) is 0 Å². The Hall–Kier alpha value is -2.28. The molecule has 0 N–H and O–H groups in total. The van der Waals surface area contributed by atoms with Crippen LogP contribution in [-0.2, 0) is 6.61 Å². The number of rotatable bonds is 3. The Balaban J connectivity index is 1.89. The first-order valence-corrected chi connectivity index (χ1v) is 6.91. The van der Waals surface area contributed by atoms with E-state index in [-0.39, 0.29) is 0 Å². The van der Waals surface area contributed by atoms with Crippen LogP contribution in [0.2, 0.25) is 0 Å². The van der Waals surface area contributed by atoms with Crippen molar-refractivity contribution in [1.29, 1.82) is 0 Å². The first-order valence-electron chi connectivity index (χ1n) is 6.91. The summed E-state index contributed by atoms with van der Waals surface area (Å²) in [5.74, 6) is 0.970. The lowest BCUT2D eigenvalue weighted by Gasteiger charge is -2.12. The van der Waals surface area contributed by atoms with Crippen LogP contribution in [0, 0.1) is 13.8 Å². The van der Waals surface area contributed by atoms with Gasteiger partial charge in [0, 0.05) is 0 Å². The lowest BCUT2D eigenvalue weighted by molar-refractivity contribution is 0.305. The van der Waals surface area contributed by atoms with Gasteiger partial charge in [0.15, 0.2) is 0 Å². The molecular formula is C19H18O. The molecule has 3 aromatic carbocycles. The van der Waals surface area contributed by atoms with E-state index >= 15 is 0 Å². The first-order chi connectivity index (χ1) is 9.75. The maximum absolute atomic E-state index is 6.01. The second kappa shape index (κ2) is 5.38. The Labute approximate surface area is 119 Å². The predicted molar refractivity (Wildman–Crippen MR) is 84.2 cm³/mol. The molecule has 0 atom stereocenters. The fourth-order valence-electron chi connectivity index (χ4n) is 2.45. The summed E-state index contributed by atoms with van der Waals surface area (Å²) < 4.78 is 6.01. The highest BCUT2D eigenvalue weighted by Crippen LogP contribution is 2.24. The molecule has 0 saturated heterocycles. The van der Waals surface area contributed by atoms with Gasteiger partial charge in [-0.25, -0.2) is 0 Å². The average molecular weight is 262 g/mol. The van der Waals surface area contributed by atoms with Gasteiger partial charge in [-0.1, -0.05) is 54.6 Å². The van der Waals surface area contributed by atoms with E-state index in [0.717, 1.165) is 5.75 Å². The van der Waals surface area contributed by atoms with E-state index in [4.69, 9.17) is 4.74 Å².